The molecule has 0 aromatic heterocycles. The summed E-state index contributed by atoms with van der Waals surface area (Å²) >= 11 is 0. The van der Waals surface area contributed by atoms with Gasteiger partial charge in [-0.1, -0.05) is 24.3 Å². The second-order valence-corrected chi connectivity index (χ2v) is 3.93. The lowest BCUT2D eigenvalue weighted by Gasteiger charge is -2.09. The number of nitrogens with two attached hydrogens (primary N) is 2. The smallest absolute Gasteiger partial charge is 0.0387 e. The van der Waals surface area contributed by atoms with Crippen LogP contribution in [0, 0.1) is 0 Å². The Morgan fingerprint density at radius 2 is 1.24 bits per heavy atom. The molecule has 2 rings (SSSR count). The van der Waals surface area contributed by atoms with Crippen molar-refractivity contribution in [2.45, 2.75) is 13.1 Å². The summed E-state index contributed by atoms with van der Waals surface area (Å²) in [5.74, 6) is 0. The second kappa shape index (κ2) is 5.48. The lowest BCUT2D eigenvalue weighted by Crippen LogP contribution is -1.99. The van der Waals surface area contributed by atoms with Crippen LogP contribution in [0.3, 0.4) is 0 Å². The summed E-state index contributed by atoms with van der Waals surface area (Å²) in [5.41, 5.74) is 15.5. The predicted octanol–water partition coefficient (Wildman–Crippen LogP) is 2.35. The molecular formula is C14H17N3. The van der Waals surface area contributed by atoms with Crippen LogP contribution in [-0.4, -0.2) is 0 Å². The van der Waals surface area contributed by atoms with Crippen LogP contribution in [0.25, 0.3) is 0 Å². The van der Waals surface area contributed by atoms with Crippen molar-refractivity contribution >= 4 is 11.4 Å². The molecule has 0 unspecified atom stereocenters. The van der Waals surface area contributed by atoms with Gasteiger partial charge in [0.25, 0.3) is 0 Å². The topological polar surface area (TPSA) is 64.1 Å². The van der Waals surface area contributed by atoms with Crippen LogP contribution < -0.4 is 16.8 Å². The molecule has 17 heavy (non-hydrogen) atoms. The van der Waals surface area contributed by atoms with Crippen molar-refractivity contribution in [1.29, 1.82) is 0 Å². The van der Waals surface area contributed by atoms with E-state index in [1.165, 1.54) is 0 Å². The van der Waals surface area contributed by atoms with Crippen LogP contribution in [0.5, 0.6) is 0 Å². The number of rotatable bonds is 4. The van der Waals surface area contributed by atoms with E-state index in [0.29, 0.717) is 13.1 Å². The van der Waals surface area contributed by atoms with E-state index in [-0.39, 0.29) is 0 Å². The zero-order chi connectivity index (χ0) is 12.1. The van der Waals surface area contributed by atoms with Crippen molar-refractivity contribution in [3.8, 4) is 0 Å². The van der Waals surface area contributed by atoms with Crippen LogP contribution in [0.4, 0.5) is 11.4 Å². The molecule has 3 nitrogen and oxygen atoms in total. The van der Waals surface area contributed by atoms with E-state index in [0.717, 1.165) is 22.5 Å². The minimum atomic E-state index is 0.554. The Morgan fingerprint density at radius 1 is 0.765 bits per heavy atom. The van der Waals surface area contributed by atoms with Gasteiger partial charge in [-0.2, -0.15) is 0 Å². The molecular weight excluding hydrogens is 210 g/mol. The average molecular weight is 227 g/mol. The van der Waals surface area contributed by atoms with Crippen molar-refractivity contribution in [2.75, 3.05) is 5.32 Å². The SMILES string of the molecule is NCc1cccc(Nc2cccc(CN)c2)c1. The van der Waals surface area contributed by atoms with Gasteiger partial charge in [-0.25, -0.2) is 0 Å². The van der Waals surface area contributed by atoms with Crippen molar-refractivity contribution in [3.05, 3.63) is 59.7 Å². The van der Waals surface area contributed by atoms with Crippen molar-refractivity contribution in [1.82, 2.24) is 0 Å². The molecule has 0 aliphatic rings. The fourth-order valence-corrected chi connectivity index (χ4v) is 1.72. The molecule has 0 spiro atoms. The summed E-state index contributed by atoms with van der Waals surface area (Å²) in [6.07, 6.45) is 0. The van der Waals surface area contributed by atoms with Crippen LogP contribution in [0.15, 0.2) is 48.5 Å². The summed E-state index contributed by atoms with van der Waals surface area (Å²) in [6.45, 7) is 1.11. The van der Waals surface area contributed by atoms with Crippen molar-refractivity contribution in [2.24, 2.45) is 11.5 Å². The van der Waals surface area contributed by atoms with Gasteiger partial charge >= 0.3 is 0 Å². The summed E-state index contributed by atoms with van der Waals surface area (Å²) in [6, 6.07) is 16.2. The second-order valence-electron chi connectivity index (χ2n) is 3.93. The average Bonchev–Trinajstić information content (AvgIpc) is 2.39. The first-order valence-electron chi connectivity index (χ1n) is 5.67. The Morgan fingerprint density at radius 3 is 1.65 bits per heavy atom. The minimum absolute atomic E-state index is 0.554. The Balaban J connectivity index is 2.18. The third kappa shape index (κ3) is 3.06. The van der Waals surface area contributed by atoms with E-state index in [4.69, 9.17) is 11.5 Å². The van der Waals surface area contributed by atoms with Gasteiger partial charge in [0.05, 0.1) is 0 Å². The molecule has 2 aromatic carbocycles. The number of nitrogens with one attached hydrogen (secondary N) is 1. The number of hydrogen-bond acceptors (Lipinski definition) is 3. The summed E-state index contributed by atoms with van der Waals surface area (Å²) in [5, 5.41) is 3.34. The fourth-order valence-electron chi connectivity index (χ4n) is 1.72. The van der Waals surface area contributed by atoms with Gasteiger partial charge in [0.2, 0.25) is 0 Å². The molecule has 0 atom stereocenters. The standard InChI is InChI=1S/C14H17N3/c15-9-11-3-1-5-13(7-11)17-14-6-2-4-12(8-14)10-16/h1-8,17H,9-10,15-16H2. The monoisotopic (exact) mass is 227 g/mol. The Bertz CT molecular complexity index is 449. The van der Waals surface area contributed by atoms with Crippen LogP contribution >= 0.6 is 0 Å². The first-order chi connectivity index (χ1) is 8.31. The van der Waals surface area contributed by atoms with Gasteiger partial charge in [-0.3, -0.25) is 0 Å². The zero-order valence-corrected chi connectivity index (χ0v) is 9.69. The normalized spacial score (nSPS) is 10.2. The van der Waals surface area contributed by atoms with Crippen molar-refractivity contribution < 1.29 is 0 Å². The molecule has 0 saturated heterocycles. The third-order valence-corrected chi connectivity index (χ3v) is 2.61. The Labute approximate surface area is 101 Å². The molecule has 3 heteroatoms. The molecule has 2 aromatic rings. The highest BCUT2D eigenvalue weighted by Crippen LogP contribution is 2.18. The maximum atomic E-state index is 5.61. The third-order valence-electron chi connectivity index (χ3n) is 2.61. The molecule has 0 aliphatic carbocycles. The van der Waals surface area contributed by atoms with Gasteiger partial charge < -0.3 is 16.8 Å². The molecule has 88 valence electrons. The van der Waals surface area contributed by atoms with E-state index in [1.54, 1.807) is 0 Å². The molecule has 0 fully saturated rings. The van der Waals surface area contributed by atoms with Gasteiger partial charge in [0.1, 0.15) is 0 Å². The maximum absolute atomic E-state index is 5.61. The lowest BCUT2D eigenvalue weighted by atomic mass is 10.1. The fraction of sp³-hybridized carbons (Fsp3) is 0.143. The highest BCUT2D eigenvalue weighted by atomic mass is 14.9. The number of benzene rings is 2. The van der Waals surface area contributed by atoms with E-state index >= 15 is 0 Å². The summed E-state index contributed by atoms with van der Waals surface area (Å²) in [7, 11) is 0. The Hall–Kier alpha value is -1.84. The van der Waals surface area contributed by atoms with Gasteiger partial charge in [0.15, 0.2) is 0 Å². The predicted molar refractivity (Wildman–Crippen MR) is 71.9 cm³/mol. The first-order valence-corrected chi connectivity index (χ1v) is 5.67. The van der Waals surface area contributed by atoms with Gasteiger partial charge in [-0.05, 0) is 35.4 Å². The largest absolute Gasteiger partial charge is 0.356 e. The van der Waals surface area contributed by atoms with E-state index in [9.17, 15) is 0 Å². The van der Waals surface area contributed by atoms with E-state index in [2.05, 4.69) is 17.4 Å². The summed E-state index contributed by atoms with van der Waals surface area (Å²) in [4.78, 5) is 0. The Kier molecular flexibility index (Phi) is 3.75. The minimum Gasteiger partial charge on any atom is -0.356 e. The number of anilines is 2. The number of hydrogen-bond donors (Lipinski definition) is 3. The van der Waals surface area contributed by atoms with Crippen LogP contribution in [-0.2, 0) is 13.1 Å². The maximum Gasteiger partial charge on any atom is 0.0387 e. The quantitative estimate of drug-likeness (QED) is 0.751. The lowest BCUT2D eigenvalue weighted by molar-refractivity contribution is 1.07. The molecule has 0 saturated carbocycles. The molecule has 0 heterocycles. The molecule has 0 amide bonds. The van der Waals surface area contributed by atoms with Crippen molar-refractivity contribution in [3.63, 3.8) is 0 Å². The molecule has 0 bridgehead atoms. The highest BCUT2D eigenvalue weighted by Gasteiger charge is 1.97. The van der Waals surface area contributed by atoms with E-state index < -0.39 is 0 Å². The van der Waals surface area contributed by atoms with Gasteiger partial charge in [0, 0.05) is 24.5 Å². The van der Waals surface area contributed by atoms with Crippen LogP contribution in [0.1, 0.15) is 11.1 Å². The van der Waals surface area contributed by atoms with Crippen LogP contribution in [0.2, 0.25) is 0 Å². The van der Waals surface area contributed by atoms with Gasteiger partial charge in [-0.15, -0.1) is 0 Å². The highest BCUT2D eigenvalue weighted by molar-refractivity contribution is 5.60. The molecule has 5 N–H and O–H groups in total. The van der Waals surface area contributed by atoms with E-state index in [1.807, 2.05) is 36.4 Å². The molecule has 0 aliphatic heterocycles. The first kappa shape index (κ1) is 11.6. The molecule has 0 radical (unpaired) electrons. The zero-order valence-electron chi connectivity index (χ0n) is 9.69. The summed E-state index contributed by atoms with van der Waals surface area (Å²) < 4.78 is 0.